The number of hydrogen-bond donors (Lipinski definition) is 4. The van der Waals surface area contributed by atoms with Gasteiger partial charge >= 0.3 is 0 Å². The molecule has 0 spiro atoms. The smallest absolute Gasteiger partial charge is 0.251 e. The predicted octanol–water partition coefficient (Wildman–Crippen LogP) is 2.19. The van der Waals surface area contributed by atoms with E-state index in [1.807, 2.05) is 36.4 Å². The summed E-state index contributed by atoms with van der Waals surface area (Å²) in [5.41, 5.74) is 2.96. The van der Waals surface area contributed by atoms with Crippen LogP contribution in [-0.2, 0) is 0 Å². The zero-order valence-electron chi connectivity index (χ0n) is 18.2. The van der Waals surface area contributed by atoms with Gasteiger partial charge in [0, 0.05) is 43.3 Å². The minimum absolute atomic E-state index is 0.00497. The maximum absolute atomic E-state index is 12.3. The lowest BCUT2D eigenvalue weighted by atomic mass is 9.97. The van der Waals surface area contributed by atoms with Crippen LogP contribution in [0.1, 0.15) is 34.7 Å². The number of rotatable bonds is 8. The van der Waals surface area contributed by atoms with E-state index in [4.69, 9.17) is 4.74 Å². The van der Waals surface area contributed by atoms with E-state index in [1.165, 1.54) is 18.4 Å². The molecule has 0 atom stereocenters. The molecular weight excluding hydrogens is 390 g/mol. The Morgan fingerprint density at radius 1 is 1.03 bits per heavy atom. The Morgan fingerprint density at radius 3 is 2.35 bits per heavy atom. The minimum atomic E-state index is -0.0120. The normalized spacial score (nSPS) is 21.6. The summed E-state index contributed by atoms with van der Waals surface area (Å²) in [6, 6.07) is 15.9. The number of anilines is 1. The number of carbonyl (C=O) groups excluding carboxylic acids is 1. The molecule has 166 valence electrons. The van der Waals surface area contributed by atoms with Gasteiger partial charge in [0.1, 0.15) is 12.0 Å². The van der Waals surface area contributed by atoms with Crippen molar-refractivity contribution >= 4 is 11.6 Å². The molecular formula is C24H33N5O2. The summed E-state index contributed by atoms with van der Waals surface area (Å²) in [6.45, 7) is 5.70. The molecule has 0 radical (unpaired) electrons. The fourth-order valence-corrected chi connectivity index (χ4v) is 4.20. The fraction of sp³-hybridized carbons (Fsp3) is 0.458. The molecule has 4 N–H and O–H groups in total. The van der Waals surface area contributed by atoms with Crippen molar-refractivity contribution in [3.63, 3.8) is 0 Å². The van der Waals surface area contributed by atoms with E-state index < -0.39 is 0 Å². The molecule has 0 bridgehead atoms. The van der Waals surface area contributed by atoms with Crippen LogP contribution in [0.25, 0.3) is 0 Å². The fourth-order valence-electron chi connectivity index (χ4n) is 4.20. The Hall–Kier alpha value is -2.61. The summed E-state index contributed by atoms with van der Waals surface area (Å²) >= 11 is 0. The second-order valence-corrected chi connectivity index (χ2v) is 8.25. The van der Waals surface area contributed by atoms with Gasteiger partial charge in [-0.1, -0.05) is 12.1 Å². The van der Waals surface area contributed by atoms with Crippen molar-refractivity contribution in [2.45, 2.75) is 25.0 Å². The zero-order chi connectivity index (χ0) is 21.5. The monoisotopic (exact) mass is 423 g/mol. The zero-order valence-corrected chi connectivity index (χ0v) is 18.2. The molecule has 7 heteroatoms. The van der Waals surface area contributed by atoms with Crippen molar-refractivity contribution < 1.29 is 9.53 Å². The SMILES string of the molecule is COc1ccc(C2CNC(Nc3ccc(C(=O)NCCN4CCCC4)cc3)NC2)cc1. The first kappa shape index (κ1) is 21.6. The molecule has 2 saturated heterocycles. The number of likely N-dealkylation sites (tertiary alicyclic amines) is 1. The van der Waals surface area contributed by atoms with Gasteiger partial charge in [-0.3, -0.25) is 15.4 Å². The van der Waals surface area contributed by atoms with Gasteiger partial charge in [-0.15, -0.1) is 0 Å². The Kier molecular flexibility index (Phi) is 7.40. The summed E-state index contributed by atoms with van der Waals surface area (Å²) < 4.78 is 5.24. The van der Waals surface area contributed by atoms with Gasteiger partial charge in [-0.2, -0.15) is 0 Å². The average Bonchev–Trinajstić information content (AvgIpc) is 3.34. The number of nitrogens with one attached hydrogen (secondary N) is 4. The second-order valence-electron chi connectivity index (χ2n) is 8.25. The van der Waals surface area contributed by atoms with Crippen LogP contribution in [0.15, 0.2) is 48.5 Å². The second kappa shape index (κ2) is 10.6. The number of ether oxygens (including phenoxy) is 1. The number of carbonyl (C=O) groups is 1. The molecule has 0 unspecified atom stereocenters. The summed E-state index contributed by atoms with van der Waals surface area (Å²) in [6.07, 6.45) is 2.54. The lowest BCUT2D eigenvalue weighted by Crippen LogP contribution is -2.55. The molecule has 0 aromatic heterocycles. The standard InChI is InChI=1S/C24H33N5O2/c1-31-22-10-6-18(7-11-22)20-16-26-24(27-17-20)28-21-8-4-19(5-9-21)23(30)25-12-15-29-13-2-3-14-29/h4-11,20,24,26-28H,2-3,12-17H2,1H3,(H,25,30). The molecule has 1 amide bonds. The van der Waals surface area contributed by atoms with Gasteiger partial charge in [-0.25, -0.2) is 0 Å². The van der Waals surface area contributed by atoms with Gasteiger partial charge in [0.15, 0.2) is 0 Å². The van der Waals surface area contributed by atoms with Crippen LogP contribution in [0.4, 0.5) is 5.69 Å². The van der Waals surface area contributed by atoms with Crippen LogP contribution in [0.5, 0.6) is 5.75 Å². The molecule has 2 aliphatic heterocycles. The maximum atomic E-state index is 12.3. The topological polar surface area (TPSA) is 77.7 Å². The van der Waals surface area contributed by atoms with E-state index in [2.05, 4.69) is 38.3 Å². The van der Waals surface area contributed by atoms with Crippen molar-refractivity contribution in [1.82, 2.24) is 20.9 Å². The number of nitrogens with zero attached hydrogens (tertiary/aromatic N) is 1. The van der Waals surface area contributed by atoms with E-state index in [0.29, 0.717) is 18.0 Å². The van der Waals surface area contributed by atoms with Crippen molar-refractivity contribution in [3.8, 4) is 5.75 Å². The summed E-state index contributed by atoms with van der Waals surface area (Å²) in [7, 11) is 1.68. The molecule has 4 rings (SSSR count). The molecule has 2 fully saturated rings. The van der Waals surface area contributed by atoms with Crippen LogP contribution >= 0.6 is 0 Å². The Labute approximate surface area is 184 Å². The van der Waals surface area contributed by atoms with Crippen molar-refractivity contribution in [1.29, 1.82) is 0 Å². The van der Waals surface area contributed by atoms with Crippen LogP contribution in [0.2, 0.25) is 0 Å². The van der Waals surface area contributed by atoms with Gasteiger partial charge in [0.05, 0.1) is 7.11 Å². The van der Waals surface area contributed by atoms with E-state index in [1.54, 1.807) is 7.11 Å². The van der Waals surface area contributed by atoms with Crippen molar-refractivity contribution in [2.24, 2.45) is 0 Å². The number of amides is 1. The lowest BCUT2D eigenvalue weighted by Gasteiger charge is -2.32. The molecule has 2 aliphatic rings. The van der Waals surface area contributed by atoms with Crippen LogP contribution in [0.3, 0.4) is 0 Å². The van der Waals surface area contributed by atoms with Crippen molar-refractivity contribution in [3.05, 3.63) is 59.7 Å². The maximum Gasteiger partial charge on any atom is 0.251 e. The van der Waals surface area contributed by atoms with Gasteiger partial charge in [0.2, 0.25) is 0 Å². The Morgan fingerprint density at radius 2 is 1.71 bits per heavy atom. The number of methoxy groups -OCH3 is 1. The quantitative estimate of drug-likeness (QED) is 0.522. The number of hydrogen-bond acceptors (Lipinski definition) is 6. The summed E-state index contributed by atoms with van der Waals surface area (Å²) in [4.78, 5) is 14.7. The molecule has 2 aromatic carbocycles. The Bertz CT molecular complexity index is 826. The predicted molar refractivity (Wildman–Crippen MR) is 124 cm³/mol. The highest BCUT2D eigenvalue weighted by atomic mass is 16.5. The minimum Gasteiger partial charge on any atom is -0.497 e. The molecule has 7 nitrogen and oxygen atoms in total. The molecule has 31 heavy (non-hydrogen) atoms. The first-order valence-electron chi connectivity index (χ1n) is 11.2. The molecule has 0 aliphatic carbocycles. The summed E-state index contributed by atoms with van der Waals surface area (Å²) in [5.74, 6) is 1.28. The third-order valence-electron chi connectivity index (χ3n) is 6.09. The van der Waals surface area contributed by atoms with E-state index in [9.17, 15) is 4.79 Å². The van der Waals surface area contributed by atoms with E-state index in [0.717, 1.165) is 44.2 Å². The molecule has 2 aromatic rings. The largest absolute Gasteiger partial charge is 0.497 e. The van der Waals surface area contributed by atoms with Gasteiger partial charge < -0.3 is 20.3 Å². The lowest BCUT2D eigenvalue weighted by molar-refractivity contribution is 0.0950. The van der Waals surface area contributed by atoms with Crippen molar-refractivity contribution in [2.75, 3.05) is 51.7 Å². The van der Waals surface area contributed by atoms with Gasteiger partial charge in [-0.05, 0) is 67.9 Å². The molecule has 2 heterocycles. The first-order chi connectivity index (χ1) is 15.2. The summed E-state index contributed by atoms with van der Waals surface area (Å²) in [5, 5.41) is 13.5. The highest BCUT2D eigenvalue weighted by molar-refractivity contribution is 5.94. The number of benzene rings is 2. The van der Waals surface area contributed by atoms with E-state index >= 15 is 0 Å². The van der Waals surface area contributed by atoms with Crippen LogP contribution < -0.4 is 26.0 Å². The van der Waals surface area contributed by atoms with Crippen LogP contribution in [-0.4, -0.2) is 63.5 Å². The Balaban J connectivity index is 1.20. The average molecular weight is 424 g/mol. The van der Waals surface area contributed by atoms with Gasteiger partial charge in [0.25, 0.3) is 5.91 Å². The third-order valence-corrected chi connectivity index (χ3v) is 6.09. The highest BCUT2D eigenvalue weighted by Gasteiger charge is 2.21. The van der Waals surface area contributed by atoms with E-state index in [-0.39, 0.29) is 12.2 Å². The van der Waals surface area contributed by atoms with Crippen LogP contribution in [0, 0.1) is 0 Å². The third kappa shape index (κ3) is 5.97. The first-order valence-corrected chi connectivity index (χ1v) is 11.2. The highest BCUT2D eigenvalue weighted by Crippen LogP contribution is 2.20. The molecule has 0 saturated carbocycles.